The van der Waals surface area contributed by atoms with Gasteiger partial charge in [-0.1, -0.05) is 60.7 Å². The minimum atomic E-state index is -0.302. The van der Waals surface area contributed by atoms with Crippen LogP contribution in [0.15, 0.2) is 60.7 Å². The normalized spacial score (nSPS) is 11.9. The minimum absolute atomic E-state index is 0.131. The average molecular weight is 297 g/mol. The highest BCUT2D eigenvalue weighted by Crippen LogP contribution is 2.18. The molecule has 116 valence electrons. The number of aryl methyl sites for hydroxylation is 2. The van der Waals surface area contributed by atoms with Crippen LogP contribution in [0.4, 0.5) is 0 Å². The van der Waals surface area contributed by atoms with Gasteiger partial charge in [-0.05, 0) is 43.2 Å². The van der Waals surface area contributed by atoms with Gasteiger partial charge in [0.1, 0.15) is 0 Å². The number of carbonyl (C=O) groups is 1. The third-order valence-corrected chi connectivity index (χ3v) is 3.93. The summed E-state index contributed by atoms with van der Waals surface area (Å²) >= 11 is 0. The van der Waals surface area contributed by atoms with E-state index >= 15 is 0 Å². The van der Waals surface area contributed by atoms with Crippen molar-refractivity contribution in [3.8, 4) is 0 Å². The summed E-state index contributed by atoms with van der Waals surface area (Å²) in [5.41, 5.74) is 2.53. The van der Waals surface area contributed by atoms with Gasteiger partial charge in [0.05, 0.1) is 5.92 Å². The van der Waals surface area contributed by atoms with Crippen LogP contribution in [0.25, 0.3) is 0 Å². The lowest BCUT2D eigenvalue weighted by Crippen LogP contribution is -2.21. The highest BCUT2D eigenvalue weighted by Gasteiger charge is 2.19. The molecular weight excluding hydrogens is 274 g/mol. The molecule has 0 saturated carbocycles. The Labute approximate surface area is 132 Å². The van der Waals surface area contributed by atoms with E-state index in [1.807, 2.05) is 36.4 Å². The molecule has 22 heavy (non-hydrogen) atoms. The van der Waals surface area contributed by atoms with Crippen molar-refractivity contribution in [2.24, 2.45) is 11.8 Å². The van der Waals surface area contributed by atoms with Crippen LogP contribution in [-0.2, 0) is 22.5 Å². The summed E-state index contributed by atoms with van der Waals surface area (Å²) in [5, 5.41) is 0. The second-order valence-corrected chi connectivity index (χ2v) is 5.54. The maximum atomic E-state index is 11.8. The van der Waals surface area contributed by atoms with Crippen LogP contribution in [0, 0.1) is 5.92 Å². The van der Waals surface area contributed by atoms with Crippen LogP contribution in [0.2, 0.25) is 0 Å². The van der Waals surface area contributed by atoms with E-state index in [4.69, 9.17) is 5.90 Å². The molecule has 0 radical (unpaired) electrons. The van der Waals surface area contributed by atoms with Crippen molar-refractivity contribution in [2.75, 3.05) is 0 Å². The largest absolute Gasteiger partial charge is 0.373 e. The van der Waals surface area contributed by atoms with Crippen molar-refractivity contribution in [1.82, 2.24) is 0 Å². The first-order valence-electron chi connectivity index (χ1n) is 7.78. The van der Waals surface area contributed by atoms with Gasteiger partial charge in [0.2, 0.25) is 0 Å². The lowest BCUT2D eigenvalue weighted by molar-refractivity contribution is -0.149. The average Bonchev–Trinajstić information content (AvgIpc) is 2.59. The quantitative estimate of drug-likeness (QED) is 0.756. The van der Waals surface area contributed by atoms with E-state index in [0.29, 0.717) is 0 Å². The van der Waals surface area contributed by atoms with Gasteiger partial charge in [-0.2, -0.15) is 5.90 Å². The summed E-state index contributed by atoms with van der Waals surface area (Å²) in [6.45, 7) is 0. The van der Waals surface area contributed by atoms with Gasteiger partial charge in [-0.3, -0.25) is 4.79 Å². The molecule has 0 bridgehead atoms. The number of benzene rings is 2. The number of carbonyl (C=O) groups excluding carboxylic acids is 1. The molecule has 0 aromatic heterocycles. The van der Waals surface area contributed by atoms with Crippen LogP contribution in [-0.4, -0.2) is 5.97 Å². The van der Waals surface area contributed by atoms with E-state index in [0.717, 1.165) is 32.1 Å². The number of rotatable bonds is 8. The first-order chi connectivity index (χ1) is 10.8. The Hall–Kier alpha value is -2.13. The van der Waals surface area contributed by atoms with Crippen molar-refractivity contribution in [3.05, 3.63) is 71.8 Å². The highest BCUT2D eigenvalue weighted by atomic mass is 16.7. The third kappa shape index (κ3) is 5.34. The van der Waals surface area contributed by atoms with Gasteiger partial charge >= 0.3 is 5.97 Å². The molecule has 0 aliphatic heterocycles. The molecule has 0 saturated heterocycles. The zero-order valence-electron chi connectivity index (χ0n) is 12.8. The smallest absolute Gasteiger partial charge is 0.327 e. The predicted molar refractivity (Wildman–Crippen MR) is 87.9 cm³/mol. The third-order valence-electron chi connectivity index (χ3n) is 3.93. The molecule has 3 heteroatoms. The molecule has 0 amide bonds. The van der Waals surface area contributed by atoms with Crippen LogP contribution in [0.1, 0.15) is 30.4 Å². The summed E-state index contributed by atoms with van der Waals surface area (Å²) in [7, 11) is 0. The van der Waals surface area contributed by atoms with Gasteiger partial charge in [-0.25, -0.2) is 0 Å². The zero-order valence-corrected chi connectivity index (χ0v) is 12.8. The maximum absolute atomic E-state index is 11.8. The molecule has 0 heterocycles. The molecule has 1 atom stereocenters. The second kappa shape index (κ2) is 9.00. The van der Waals surface area contributed by atoms with Crippen LogP contribution < -0.4 is 5.90 Å². The highest BCUT2D eigenvalue weighted by molar-refractivity contribution is 5.72. The number of hydrogen-bond acceptors (Lipinski definition) is 3. The molecule has 0 spiro atoms. The van der Waals surface area contributed by atoms with Crippen molar-refractivity contribution >= 4 is 5.97 Å². The molecule has 2 aromatic carbocycles. The summed E-state index contributed by atoms with van der Waals surface area (Å²) in [6.07, 6.45) is 4.37. The maximum Gasteiger partial charge on any atom is 0.327 e. The fourth-order valence-electron chi connectivity index (χ4n) is 2.66. The van der Waals surface area contributed by atoms with Crippen LogP contribution >= 0.6 is 0 Å². The fraction of sp³-hybridized carbons (Fsp3) is 0.316. The minimum Gasteiger partial charge on any atom is -0.373 e. The summed E-state index contributed by atoms with van der Waals surface area (Å²) in [6, 6.07) is 20.5. The summed E-state index contributed by atoms with van der Waals surface area (Å²) in [5.74, 6) is 4.64. The Balaban J connectivity index is 1.82. The topological polar surface area (TPSA) is 52.3 Å². The molecule has 0 unspecified atom stereocenters. The number of hydrogen-bond donors (Lipinski definition) is 1. The van der Waals surface area contributed by atoms with Crippen molar-refractivity contribution in [3.63, 3.8) is 0 Å². The second-order valence-electron chi connectivity index (χ2n) is 5.54. The van der Waals surface area contributed by atoms with Gasteiger partial charge in [0.25, 0.3) is 0 Å². The zero-order chi connectivity index (χ0) is 15.6. The monoisotopic (exact) mass is 297 g/mol. The van der Waals surface area contributed by atoms with Crippen molar-refractivity contribution in [1.29, 1.82) is 0 Å². The first-order valence-corrected chi connectivity index (χ1v) is 7.78. The first kappa shape index (κ1) is 16.2. The standard InChI is InChI=1S/C19H23NO2/c20-22-19(21)18(15-14-17-10-5-2-6-11-17)13-7-12-16-8-3-1-4-9-16/h1-6,8-11,18H,7,12-15,20H2/t18-/m0/s1. The Morgan fingerprint density at radius 1 is 0.864 bits per heavy atom. The Kier molecular flexibility index (Phi) is 6.65. The molecule has 2 rings (SSSR count). The summed E-state index contributed by atoms with van der Waals surface area (Å²) in [4.78, 5) is 16.3. The van der Waals surface area contributed by atoms with Gasteiger partial charge in [-0.15, -0.1) is 0 Å². The molecule has 2 aromatic rings. The fourth-order valence-corrected chi connectivity index (χ4v) is 2.66. The van der Waals surface area contributed by atoms with E-state index in [2.05, 4.69) is 29.1 Å². The summed E-state index contributed by atoms with van der Waals surface area (Å²) < 4.78 is 0. The Bertz CT molecular complexity index is 554. The van der Waals surface area contributed by atoms with E-state index in [1.54, 1.807) is 0 Å². The SMILES string of the molecule is NOC(=O)[C@@H](CCCc1ccccc1)CCc1ccccc1. The van der Waals surface area contributed by atoms with E-state index in [-0.39, 0.29) is 11.9 Å². The van der Waals surface area contributed by atoms with Crippen molar-refractivity contribution in [2.45, 2.75) is 32.1 Å². The van der Waals surface area contributed by atoms with Gasteiger partial charge in [0.15, 0.2) is 0 Å². The number of nitrogens with two attached hydrogens (primary N) is 1. The lowest BCUT2D eigenvalue weighted by Gasteiger charge is -2.14. The predicted octanol–water partition coefficient (Wildman–Crippen LogP) is 3.68. The van der Waals surface area contributed by atoms with Gasteiger partial charge in [0, 0.05) is 0 Å². The van der Waals surface area contributed by atoms with E-state index in [9.17, 15) is 4.79 Å². The van der Waals surface area contributed by atoms with E-state index in [1.165, 1.54) is 11.1 Å². The van der Waals surface area contributed by atoms with E-state index < -0.39 is 0 Å². The van der Waals surface area contributed by atoms with Crippen LogP contribution in [0.5, 0.6) is 0 Å². The molecule has 0 aliphatic carbocycles. The van der Waals surface area contributed by atoms with Crippen LogP contribution in [0.3, 0.4) is 0 Å². The molecular formula is C19H23NO2. The molecule has 0 fully saturated rings. The molecule has 2 N–H and O–H groups in total. The Morgan fingerprint density at radius 3 is 1.95 bits per heavy atom. The Morgan fingerprint density at radius 2 is 1.41 bits per heavy atom. The molecule has 3 nitrogen and oxygen atoms in total. The lowest BCUT2D eigenvalue weighted by atomic mass is 9.93. The van der Waals surface area contributed by atoms with Gasteiger partial charge < -0.3 is 4.84 Å². The van der Waals surface area contributed by atoms with Crippen molar-refractivity contribution < 1.29 is 9.63 Å². The molecule has 0 aliphatic rings.